The first-order valence-electron chi connectivity index (χ1n) is 11.8. The fraction of sp³-hybridized carbons (Fsp3) is 0.333. The topological polar surface area (TPSA) is 75.3 Å². The number of carbonyl (C=O) groups is 1. The maximum atomic E-state index is 12.0. The number of carbonyl (C=O) groups excluding carboxylic acids is 1. The van der Waals surface area contributed by atoms with Crippen LogP contribution in [0.15, 0.2) is 67.0 Å². The Hall–Kier alpha value is -2.80. The Morgan fingerprint density at radius 3 is 2.71 bits per heavy atom. The number of pyridine rings is 1. The minimum absolute atomic E-state index is 0. The summed E-state index contributed by atoms with van der Waals surface area (Å²) in [5, 5.41) is 10.1. The molecule has 2 aromatic carbocycles. The van der Waals surface area contributed by atoms with Gasteiger partial charge in [-0.3, -0.25) is 4.98 Å². The van der Waals surface area contributed by atoms with Crippen molar-refractivity contribution in [2.45, 2.75) is 37.1 Å². The van der Waals surface area contributed by atoms with Crippen LogP contribution in [-0.4, -0.2) is 30.7 Å². The molecule has 1 fully saturated rings. The summed E-state index contributed by atoms with van der Waals surface area (Å²) < 4.78 is 6.01. The predicted molar refractivity (Wildman–Crippen MR) is 142 cm³/mol. The van der Waals surface area contributed by atoms with Gasteiger partial charge >= 0.3 is 6.03 Å². The molecule has 0 radical (unpaired) electrons. The molecule has 1 saturated carbocycles. The zero-order chi connectivity index (χ0) is 23.4. The zero-order valence-corrected chi connectivity index (χ0v) is 21.0. The molecule has 2 aliphatic rings. The first-order valence-corrected chi connectivity index (χ1v) is 12.2. The summed E-state index contributed by atoms with van der Waals surface area (Å²) in [6.07, 6.45) is 7.84. The van der Waals surface area contributed by atoms with E-state index in [1.165, 1.54) is 23.1 Å². The normalized spacial score (nSPS) is 17.8. The van der Waals surface area contributed by atoms with E-state index in [-0.39, 0.29) is 29.9 Å². The van der Waals surface area contributed by atoms with Crippen molar-refractivity contribution in [3.63, 3.8) is 0 Å². The van der Waals surface area contributed by atoms with Crippen LogP contribution in [0.4, 0.5) is 10.5 Å². The summed E-state index contributed by atoms with van der Waals surface area (Å²) in [6, 6.07) is 18.3. The summed E-state index contributed by atoms with van der Waals surface area (Å²) in [5.74, 6) is 0.826. The Labute approximate surface area is 217 Å². The third-order valence-electron chi connectivity index (χ3n) is 6.96. The van der Waals surface area contributed by atoms with Gasteiger partial charge in [-0.05, 0) is 78.9 Å². The number of nitrogens with zero attached hydrogens (tertiary/aromatic N) is 1. The minimum Gasteiger partial charge on any atom is -0.492 e. The molecule has 1 aromatic heterocycles. The van der Waals surface area contributed by atoms with E-state index in [1.807, 2.05) is 18.2 Å². The molecular formula is C27H30Cl2N4O2. The number of halogens is 2. The lowest BCUT2D eigenvalue weighted by Crippen LogP contribution is -2.49. The molecule has 1 aliphatic carbocycles. The van der Waals surface area contributed by atoms with Crippen LogP contribution in [0, 0.1) is 0 Å². The van der Waals surface area contributed by atoms with Gasteiger partial charge in [0, 0.05) is 22.7 Å². The van der Waals surface area contributed by atoms with Crippen molar-refractivity contribution >= 4 is 35.7 Å². The fourth-order valence-corrected chi connectivity index (χ4v) is 5.27. The third kappa shape index (κ3) is 5.56. The molecule has 5 rings (SSSR count). The van der Waals surface area contributed by atoms with E-state index in [4.69, 9.17) is 16.3 Å². The summed E-state index contributed by atoms with van der Waals surface area (Å²) in [6.45, 7) is 1.77. The number of ether oxygens (including phenoxy) is 1. The van der Waals surface area contributed by atoms with E-state index in [0.717, 1.165) is 36.6 Å². The monoisotopic (exact) mass is 512 g/mol. The van der Waals surface area contributed by atoms with Crippen molar-refractivity contribution in [2.75, 3.05) is 25.0 Å². The van der Waals surface area contributed by atoms with E-state index in [0.29, 0.717) is 18.8 Å². The van der Waals surface area contributed by atoms with Gasteiger partial charge in [0.25, 0.3) is 0 Å². The van der Waals surface area contributed by atoms with Crippen molar-refractivity contribution in [2.24, 2.45) is 0 Å². The van der Waals surface area contributed by atoms with Crippen LogP contribution in [0.3, 0.4) is 0 Å². The molecule has 1 unspecified atom stereocenters. The van der Waals surface area contributed by atoms with Gasteiger partial charge in [0.05, 0.1) is 18.4 Å². The lowest BCUT2D eigenvalue weighted by atomic mass is 9.58. The van der Waals surface area contributed by atoms with Crippen LogP contribution in [0.25, 0.3) is 0 Å². The Balaban J connectivity index is 0.00000289. The summed E-state index contributed by atoms with van der Waals surface area (Å²) >= 11 is 6.17. The molecule has 3 N–H and O–H groups in total. The highest BCUT2D eigenvalue weighted by Gasteiger charge is 2.47. The molecule has 2 heterocycles. The number of hydrogen-bond donors (Lipinski definition) is 3. The molecule has 0 bridgehead atoms. The fourth-order valence-electron chi connectivity index (χ4n) is 5.14. The van der Waals surface area contributed by atoms with Crippen LogP contribution in [0.5, 0.6) is 5.75 Å². The first kappa shape index (κ1) is 25.3. The van der Waals surface area contributed by atoms with Crippen molar-refractivity contribution in [1.82, 2.24) is 15.6 Å². The lowest BCUT2D eigenvalue weighted by molar-refractivity contribution is 0.164. The molecule has 6 nitrogen and oxygen atoms in total. The number of amides is 2. The van der Waals surface area contributed by atoms with Gasteiger partial charge in [-0.15, -0.1) is 12.4 Å². The van der Waals surface area contributed by atoms with E-state index in [1.54, 1.807) is 24.5 Å². The molecular weight excluding hydrogens is 483 g/mol. The lowest BCUT2D eigenvalue weighted by Gasteiger charge is -2.50. The number of benzene rings is 2. The van der Waals surface area contributed by atoms with Crippen LogP contribution >= 0.6 is 24.0 Å². The molecule has 0 spiro atoms. The molecule has 2 amide bonds. The van der Waals surface area contributed by atoms with Gasteiger partial charge in [0.15, 0.2) is 0 Å². The molecule has 8 heteroatoms. The van der Waals surface area contributed by atoms with Crippen LogP contribution < -0.4 is 20.7 Å². The van der Waals surface area contributed by atoms with E-state index < -0.39 is 0 Å². The first-order chi connectivity index (χ1) is 16.6. The molecule has 3 aromatic rings. The Morgan fingerprint density at radius 1 is 1.17 bits per heavy atom. The van der Waals surface area contributed by atoms with Gasteiger partial charge in [-0.1, -0.05) is 36.2 Å². The molecule has 1 aliphatic heterocycles. The van der Waals surface area contributed by atoms with Crippen LogP contribution in [-0.2, 0) is 11.8 Å². The highest BCUT2D eigenvalue weighted by atomic mass is 35.5. The second-order valence-electron chi connectivity index (χ2n) is 8.99. The van der Waals surface area contributed by atoms with Gasteiger partial charge < -0.3 is 20.7 Å². The predicted octanol–water partition coefficient (Wildman–Crippen LogP) is 5.67. The van der Waals surface area contributed by atoms with Crippen molar-refractivity contribution < 1.29 is 9.53 Å². The molecule has 35 heavy (non-hydrogen) atoms. The van der Waals surface area contributed by atoms with Crippen LogP contribution in [0.2, 0.25) is 5.02 Å². The maximum absolute atomic E-state index is 12.0. The van der Waals surface area contributed by atoms with Gasteiger partial charge in [-0.25, -0.2) is 4.79 Å². The van der Waals surface area contributed by atoms with Crippen molar-refractivity contribution in [1.29, 1.82) is 0 Å². The van der Waals surface area contributed by atoms with E-state index >= 15 is 0 Å². The highest BCUT2D eigenvalue weighted by Crippen LogP contribution is 2.53. The van der Waals surface area contributed by atoms with Gasteiger partial charge in [0.1, 0.15) is 12.4 Å². The van der Waals surface area contributed by atoms with Gasteiger partial charge in [0.2, 0.25) is 0 Å². The average molecular weight is 513 g/mol. The zero-order valence-electron chi connectivity index (χ0n) is 19.4. The smallest absolute Gasteiger partial charge is 0.319 e. The second-order valence-corrected chi connectivity index (χ2v) is 9.42. The Morgan fingerprint density at radius 2 is 2.00 bits per heavy atom. The quantitative estimate of drug-likeness (QED) is 0.356. The molecule has 184 valence electrons. The molecule has 0 saturated heterocycles. The number of nitrogens with one attached hydrogen (secondary N) is 3. The summed E-state index contributed by atoms with van der Waals surface area (Å²) in [5.41, 5.74) is 4.79. The third-order valence-corrected chi connectivity index (χ3v) is 7.22. The number of urea groups is 1. The number of anilines is 1. The summed E-state index contributed by atoms with van der Waals surface area (Å²) in [4.78, 5) is 16.0. The maximum Gasteiger partial charge on any atom is 0.319 e. The van der Waals surface area contributed by atoms with Crippen molar-refractivity contribution in [3.05, 3.63) is 88.7 Å². The Kier molecular flexibility index (Phi) is 8.16. The van der Waals surface area contributed by atoms with Crippen LogP contribution in [0.1, 0.15) is 42.0 Å². The summed E-state index contributed by atoms with van der Waals surface area (Å²) in [7, 11) is 0. The number of fused-ring (bicyclic) bond motifs is 1. The highest BCUT2D eigenvalue weighted by molar-refractivity contribution is 6.30. The number of rotatable bonds is 7. The second kappa shape index (κ2) is 11.3. The van der Waals surface area contributed by atoms with Gasteiger partial charge in [-0.2, -0.15) is 0 Å². The van der Waals surface area contributed by atoms with Crippen molar-refractivity contribution in [3.8, 4) is 5.75 Å². The largest absolute Gasteiger partial charge is 0.492 e. The van der Waals surface area contributed by atoms with E-state index in [9.17, 15) is 4.79 Å². The Bertz CT molecular complexity index is 1140. The van der Waals surface area contributed by atoms with E-state index in [2.05, 4.69) is 45.2 Å². The number of aromatic nitrogens is 1. The average Bonchev–Trinajstić information content (AvgIpc) is 2.83. The minimum atomic E-state index is -0.277. The molecule has 1 atom stereocenters. The SMILES string of the molecule is Cl.O=C(NCCOc1ccc2c(c1)C(C1(c3ccc(Cl)cc3)CCC1)NCC2)Nc1cccnc1. The number of hydrogen-bond acceptors (Lipinski definition) is 4. The standard InChI is InChI=1S/C27H29ClN4O2.ClH/c28-21-7-5-20(6-8-21)27(11-2-12-27)25-24-17-23(9-4-19(24)10-14-30-25)34-16-15-31-26(33)32-22-3-1-13-29-18-22;/h1,3-9,13,17-18,25,30H,2,10-12,14-16H2,(H2,31,32,33);1H.